The zero-order valence-electron chi connectivity index (χ0n) is 19.2. The van der Waals surface area contributed by atoms with E-state index in [0.717, 1.165) is 32.9 Å². The number of piperazine rings is 1. The molecule has 0 spiro atoms. The highest BCUT2D eigenvalue weighted by atomic mass is 19.4. The van der Waals surface area contributed by atoms with Gasteiger partial charge in [0.25, 0.3) is 5.56 Å². The molecular formula is C25H26F4N4O2. The van der Waals surface area contributed by atoms with Gasteiger partial charge in [0, 0.05) is 44.0 Å². The van der Waals surface area contributed by atoms with Crippen LogP contribution < -0.4 is 21.5 Å². The quantitative estimate of drug-likeness (QED) is 0.540. The normalized spacial score (nSPS) is 14.4. The predicted octanol–water partition coefficient (Wildman–Crippen LogP) is 3.18. The lowest BCUT2D eigenvalue weighted by molar-refractivity contribution is -0.138. The molecule has 0 saturated carbocycles. The molecule has 10 heteroatoms. The Morgan fingerprint density at radius 1 is 0.943 bits per heavy atom. The van der Waals surface area contributed by atoms with Crippen LogP contribution in [0.1, 0.15) is 22.4 Å². The Morgan fingerprint density at radius 2 is 1.63 bits per heavy atom. The average molecular weight is 491 g/mol. The average Bonchev–Trinajstić information content (AvgIpc) is 2.83. The van der Waals surface area contributed by atoms with E-state index in [9.17, 15) is 27.2 Å². The lowest BCUT2D eigenvalue weighted by Gasteiger charge is -2.31. The van der Waals surface area contributed by atoms with Crippen molar-refractivity contribution in [2.24, 2.45) is 0 Å². The molecule has 1 fully saturated rings. The maximum Gasteiger partial charge on any atom is 0.416 e. The Morgan fingerprint density at radius 3 is 2.29 bits per heavy atom. The van der Waals surface area contributed by atoms with E-state index in [1.807, 2.05) is 35.2 Å². The molecule has 0 amide bonds. The topological polar surface area (TPSA) is 59.3 Å². The molecule has 186 valence electrons. The van der Waals surface area contributed by atoms with Gasteiger partial charge >= 0.3 is 11.9 Å². The van der Waals surface area contributed by atoms with E-state index in [-0.39, 0.29) is 17.9 Å². The van der Waals surface area contributed by atoms with Crippen molar-refractivity contribution in [2.75, 3.05) is 31.1 Å². The second-order valence-corrected chi connectivity index (χ2v) is 8.50. The van der Waals surface area contributed by atoms with Gasteiger partial charge in [-0.2, -0.15) is 13.2 Å². The molecule has 4 rings (SSSR count). The summed E-state index contributed by atoms with van der Waals surface area (Å²) in [6, 6.07) is 12.0. The van der Waals surface area contributed by atoms with Gasteiger partial charge in [0.1, 0.15) is 11.5 Å². The molecule has 1 aliphatic heterocycles. The molecule has 0 atom stereocenters. The summed E-state index contributed by atoms with van der Waals surface area (Å²) in [6.07, 6.45) is -4.41. The van der Waals surface area contributed by atoms with E-state index in [2.05, 4.69) is 5.32 Å². The first-order valence-electron chi connectivity index (χ1n) is 11.4. The molecule has 1 aromatic heterocycles. The van der Waals surface area contributed by atoms with Gasteiger partial charge in [0.2, 0.25) is 0 Å². The summed E-state index contributed by atoms with van der Waals surface area (Å²) in [5.74, 6) is -1.06. The molecule has 1 saturated heterocycles. The smallest absolute Gasteiger partial charge is 0.363 e. The highest BCUT2D eigenvalue weighted by molar-refractivity contribution is 5.50. The maximum absolute atomic E-state index is 14.6. The van der Waals surface area contributed by atoms with E-state index in [1.54, 1.807) is 0 Å². The van der Waals surface area contributed by atoms with Crippen molar-refractivity contribution in [3.63, 3.8) is 0 Å². The number of halogens is 4. The number of anilines is 1. The first kappa shape index (κ1) is 24.7. The lowest BCUT2D eigenvalue weighted by Crippen LogP contribution is -2.50. The fourth-order valence-corrected chi connectivity index (χ4v) is 4.45. The van der Waals surface area contributed by atoms with Crippen LogP contribution in [0.5, 0.6) is 0 Å². The van der Waals surface area contributed by atoms with Gasteiger partial charge < -0.3 is 10.2 Å². The van der Waals surface area contributed by atoms with E-state index >= 15 is 0 Å². The largest absolute Gasteiger partial charge is 0.416 e. The van der Waals surface area contributed by atoms with Crippen molar-refractivity contribution in [1.29, 1.82) is 0 Å². The molecule has 0 radical (unpaired) electrons. The van der Waals surface area contributed by atoms with Crippen LogP contribution in [0, 0.1) is 12.7 Å². The Hall–Kier alpha value is -3.40. The molecule has 0 aliphatic carbocycles. The van der Waals surface area contributed by atoms with Crippen LogP contribution in [0.4, 0.5) is 23.2 Å². The summed E-state index contributed by atoms with van der Waals surface area (Å²) in [7, 11) is 0. The number of nitrogens with one attached hydrogen (secondary N) is 1. The summed E-state index contributed by atoms with van der Waals surface area (Å²) in [5.41, 5.74) is -1.66. The van der Waals surface area contributed by atoms with Crippen LogP contribution in [-0.2, 0) is 25.7 Å². The Labute approximate surface area is 199 Å². The van der Waals surface area contributed by atoms with Gasteiger partial charge in [-0.25, -0.2) is 9.18 Å². The summed E-state index contributed by atoms with van der Waals surface area (Å²) < 4.78 is 57.6. The molecule has 35 heavy (non-hydrogen) atoms. The van der Waals surface area contributed by atoms with E-state index in [1.165, 1.54) is 6.92 Å². The first-order chi connectivity index (χ1) is 16.7. The zero-order chi connectivity index (χ0) is 25.2. The van der Waals surface area contributed by atoms with E-state index in [0.29, 0.717) is 32.6 Å². The van der Waals surface area contributed by atoms with Crippen molar-refractivity contribution in [3.8, 4) is 0 Å². The van der Waals surface area contributed by atoms with Crippen molar-refractivity contribution in [3.05, 3.63) is 97.6 Å². The number of hydrogen-bond acceptors (Lipinski definition) is 4. The van der Waals surface area contributed by atoms with Gasteiger partial charge in [0.05, 0.1) is 12.1 Å². The van der Waals surface area contributed by atoms with Gasteiger partial charge in [-0.15, -0.1) is 0 Å². The van der Waals surface area contributed by atoms with Crippen LogP contribution in [0.25, 0.3) is 0 Å². The first-order valence-corrected chi connectivity index (χ1v) is 11.4. The molecule has 2 aromatic carbocycles. The summed E-state index contributed by atoms with van der Waals surface area (Å²) in [6.45, 7) is 3.17. The third-order valence-electron chi connectivity index (χ3n) is 6.30. The molecule has 0 bridgehead atoms. The lowest BCUT2D eigenvalue weighted by atomic mass is 10.1. The van der Waals surface area contributed by atoms with Crippen molar-refractivity contribution < 1.29 is 17.6 Å². The third-order valence-corrected chi connectivity index (χ3v) is 6.30. The molecule has 1 aliphatic rings. The summed E-state index contributed by atoms with van der Waals surface area (Å²) >= 11 is 0. The van der Waals surface area contributed by atoms with Crippen LogP contribution in [0.15, 0.2) is 58.1 Å². The Bertz CT molecular complexity index is 1310. The van der Waals surface area contributed by atoms with Crippen LogP contribution in [-0.4, -0.2) is 35.3 Å². The van der Waals surface area contributed by atoms with Gasteiger partial charge in [-0.05, 0) is 31.0 Å². The third kappa shape index (κ3) is 5.17. The van der Waals surface area contributed by atoms with Crippen LogP contribution in [0.3, 0.4) is 0 Å². The fraction of sp³-hybridized carbons (Fsp3) is 0.360. The number of hydrogen-bond donors (Lipinski definition) is 1. The molecular weight excluding hydrogens is 464 g/mol. The van der Waals surface area contributed by atoms with Crippen molar-refractivity contribution >= 4 is 5.69 Å². The molecule has 0 unspecified atom stereocenters. The zero-order valence-corrected chi connectivity index (χ0v) is 19.2. The van der Waals surface area contributed by atoms with Crippen molar-refractivity contribution in [2.45, 2.75) is 32.6 Å². The molecule has 2 heterocycles. The Balaban J connectivity index is 1.85. The second-order valence-electron chi connectivity index (χ2n) is 8.50. The molecule has 3 aromatic rings. The number of rotatable bonds is 6. The highest BCUT2D eigenvalue weighted by Crippen LogP contribution is 2.33. The van der Waals surface area contributed by atoms with E-state index < -0.39 is 40.9 Å². The minimum atomic E-state index is -4.79. The van der Waals surface area contributed by atoms with Gasteiger partial charge in [-0.3, -0.25) is 13.9 Å². The molecule has 1 N–H and O–H groups in total. The summed E-state index contributed by atoms with van der Waals surface area (Å²) in [5, 5.41) is 3.19. The van der Waals surface area contributed by atoms with Gasteiger partial charge in [-0.1, -0.05) is 36.4 Å². The second kappa shape index (κ2) is 10.1. The number of aromatic nitrogens is 2. The maximum atomic E-state index is 14.6. The standard InChI is InChI=1S/C25H26F4N4O2/c1-17-22(31-14-11-30-12-15-31)23(34)32(13-10-18-6-3-2-4-7-18)24(35)33(17)16-19-20(25(27,28)29)8-5-9-21(19)26/h2-9,30H,10-16H2,1H3. The Kier molecular flexibility index (Phi) is 7.11. The number of benzene rings is 2. The minimum absolute atomic E-state index is 0.0461. The van der Waals surface area contributed by atoms with Crippen LogP contribution >= 0.6 is 0 Å². The monoisotopic (exact) mass is 490 g/mol. The van der Waals surface area contributed by atoms with Gasteiger partial charge in [0.15, 0.2) is 0 Å². The summed E-state index contributed by atoms with van der Waals surface area (Å²) in [4.78, 5) is 28.7. The highest BCUT2D eigenvalue weighted by Gasteiger charge is 2.35. The number of alkyl halides is 3. The molecule has 6 nitrogen and oxygen atoms in total. The van der Waals surface area contributed by atoms with Crippen molar-refractivity contribution in [1.82, 2.24) is 14.5 Å². The SMILES string of the molecule is Cc1c(N2CCNCC2)c(=O)n(CCc2ccccc2)c(=O)n1Cc1c(F)cccc1C(F)(F)F. The van der Waals surface area contributed by atoms with Crippen LogP contribution in [0.2, 0.25) is 0 Å². The number of aryl methyl sites for hydroxylation is 1. The number of nitrogens with zero attached hydrogens (tertiary/aromatic N) is 3. The predicted molar refractivity (Wildman–Crippen MR) is 125 cm³/mol. The van der Waals surface area contributed by atoms with E-state index in [4.69, 9.17) is 0 Å². The minimum Gasteiger partial charge on any atom is -0.363 e. The fourth-order valence-electron chi connectivity index (χ4n) is 4.45.